The molecule has 23 heavy (non-hydrogen) atoms. The Kier molecular flexibility index (Phi) is 6.69. The van der Waals surface area contributed by atoms with Crippen molar-refractivity contribution in [2.24, 2.45) is 0 Å². The molecular weight excluding hydrogens is 294 g/mol. The standard InChI is InChI=1S/C18H23NO4/c1-3-15-6-8-16(9-7-15)23-14-18(20)19(10-12-21-2)13-17-5-4-11-22-17/h4-9,11H,3,10,12-14H2,1-2H3. The average Bonchev–Trinajstić information content (AvgIpc) is 3.10. The number of hydrogen-bond acceptors (Lipinski definition) is 4. The van der Waals surface area contributed by atoms with Gasteiger partial charge in [0.25, 0.3) is 5.91 Å². The highest BCUT2D eigenvalue weighted by Gasteiger charge is 2.16. The van der Waals surface area contributed by atoms with Gasteiger partial charge >= 0.3 is 0 Å². The Balaban J connectivity index is 1.90. The molecule has 0 spiro atoms. The summed E-state index contributed by atoms with van der Waals surface area (Å²) in [6.07, 6.45) is 2.58. The van der Waals surface area contributed by atoms with Gasteiger partial charge in [0.15, 0.2) is 6.61 Å². The molecule has 1 aromatic heterocycles. The summed E-state index contributed by atoms with van der Waals surface area (Å²) in [7, 11) is 1.61. The maximum atomic E-state index is 12.4. The van der Waals surface area contributed by atoms with E-state index in [0.29, 0.717) is 25.4 Å². The summed E-state index contributed by atoms with van der Waals surface area (Å²) >= 11 is 0. The molecule has 5 nitrogen and oxygen atoms in total. The fourth-order valence-electron chi connectivity index (χ4n) is 2.14. The monoisotopic (exact) mass is 317 g/mol. The zero-order chi connectivity index (χ0) is 16.5. The van der Waals surface area contributed by atoms with E-state index in [9.17, 15) is 4.79 Å². The van der Waals surface area contributed by atoms with Crippen LogP contribution in [0.4, 0.5) is 0 Å². The van der Waals surface area contributed by atoms with E-state index in [-0.39, 0.29) is 12.5 Å². The van der Waals surface area contributed by atoms with Gasteiger partial charge in [-0.2, -0.15) is 0 Å². The Morgan fingerprint density at radius 3 is 2.61 bits per heavy atom. The molecule has 1 amide bonds. The molecular formula is C18H23NO4. The minimum Gasteiger partial charge on any atom is -0.484 e. The smallest absolute Gasteiger partial charge is 0.260 e. The van der Waals surface area contributed by atoms with E-state index in [1.807, 2.05) is 30.3 Å². The van der Waals surface area contributed by atoms with Crippen molar-refractivity contribution >= 4 is 5.91 Å². The number of ether oxygens (including phenoxy) is 2. The van der Waals surface area contributed by atoms with Crippen molar-refractivity contribution < 1.29 is 18.7 Å². The minimum atomic E-state index is -0.0991. The lowest BCUT2D eigenvalue weighted by Crippen LogP contribution is -2.36. The normalized spacial score (nSPS) is 10.5. The Bertz CT molecular complexity index is 578. The molecule has 2 rings (SSSR count). The van der Waals surface area contributed by atoms with Crippen molar-refractivity contribution in [3.05, 3.63) is 54.0 Å². The summed E-state index contributed by atoms with van der Waals surface area (Å²) in [5.41, 5.74) is 1.24. The van der Waals surface area contributed by atoms with Crippen LogP contribution in [0.15, 0.2) is 47.1 Å². The fourth-order valence-corrected chi connectivity index (χ4v) is 2.14. The molecule has 0 saturated carbocycles. The predicted octanol–water partition coefficient (Wildman–Crippen LogP) is 2.90. The molecule has 0 fully saturated rings. The molecule has 0 N–H and O–H groups in total. The van der Waals surface area contributed by atoms with Crippen LogP contribution >= 0.6 is 0 Å². The molecule has 1 aromatic carbocycles. The number of benzene rings is 1. The highest BCUT2D eigenvalue weighted by Crippen LogP contribution is 2.13. The second-order valence-electron chi connectivity index (χ2n) is 5.17. The summed E-state index contributed by atoms with van der Waals surface area (Å²) in [5.74, 6) is 1.33. The van der Waals surface area contributed by atoms with Crippen LogP contribution < -0.4 is 4.74 Å². The van der Waals surface area contributed by atoms with Crippen molar-refractivity contribution in [1.82, 2.24) is 4.90 Å². The molecule has 5 heteroatoms. The number of nitrogens with zero attached hydrogens (tertiary/aromatic N) is 1. The number of amides is 1. The number of carbonyl (C=O) groups is 1. The second-order valence-corrected chi connectivity index (χ2v) is 5.17. The van der Waals surface area contributed by atoms with E-state index in [2.05, 4.69) is 6.92 Å². The first-order valence-electron chi connectivity index (χ1n) is 7.73. The lowest BCUT2D eigenvalue weighted by molar-refractivity contribution is -0.134. The predicted molar refractivity (Wildman–Crippen MR) is 87.3 cm³/mol. The van der Waals surface area contributed by atoms with Crippen molar-refractivity contribution in [2.45, 2.75) is 19.9 Å². The molecule has 0 unspecified atom stereocenters. The third kappa shape index (κ3) is 5.45. The Labute approximate surface area is 136 Å². The lowest BCUT2D eigenvalue weighted by atomic mass is 10.2. The molecule has 0 aliphatic carbocycles. The molecule has 0 atom stereocenters. The quantitative estimate of drug-likeness (QED) is 0.713. The maximum Gasteiger partial charge on any atom is 0.260 e. The van der Waals surface area contributed by atoms with Crippen molar-refractivity contribution in [2.75, 3.05) is 26.9 Å². The van der Waals surface area contributed by atoms with Crippen LogP contribution in [0.2, 0.25) is 0 Å². The van der Waals surface area contributed by atoms with Gasteiger partial charge in [-0.15, -0.1) is 0 Å². The van der Waals surface area contributed by atoms with Crippen molar-refractivity contribution in [3.8, 4) is 5.75 Å². The van der Waals surface area contributed by atoms with E-state index in [1.54, 1.807) is 24.3 Å². The number of carbonyl (C=O) groups excluding carboxylic acids is 1. The first-order valence-corrected chi connectivity index (χ1v) is 7.73. The highest BCUT2D eigenvalue weighted by atomic mass is 16.5. The summed E-state index contributed by atoms with van der Waals surface area (Å²) in [6, 6.07) is 11.4. The molecule has 0 aliphatic heterocycles. The van der Waals surface area contributed by atoms with Crippen molar-refractivity contribution in [3.63, 3.8) is 0 Å². The van der Waals surface area contributed by atoms with Gasteiger partial charge in [-0.1, -0.05) is 19.1 Å². The zero-order valence-electron chi connectivity index (χ0n) is 13.7. The van der Waals surface area contributed by atoms with Crippen LogP contribution in [-0.4, -0.2) is 37.7 Å². The topological polar surface area (TPSA) is 51.9 Å². The number of furan rings is 1. The minimum absolute atomic E-state index is 0.00407. The third-order valence-corrected chi connectivity index (χ3v) is 3.54. The Hall–Kier alpha value is -2.27. The van der Waals surface area contributed by atoms with E-state index < -0.39 is 0 Å². The molecule has 1 heterocycles. The summed E-state index contributed by atoms with van der Waals surface area (Å²) in [4.78, 5) is 14.0. The van der Waals surface area contributed by atoms with Crippen LogP contribution in [0.5, 0.6) is 5.75 Å². The average molecular weight is 317 g/mol. The Morgan fingerprint density at radius 1 is 1.22 bits per heavy atom. The number of aryl methyl sites for hydroxylation is 1. The fraction of sp³-hybridized carbons (Fsp3) is 0.389. The van der Waals surface area contributed by atoms with Crippen LogP contribution in [0.3, 0.4) is 0 Å². The molecule has 0 bridgehead atoms. The SMILES string of the molecule is CCc1ccc(OCC(=O)N(CCOC)Cc2ccco2)cc1. The van der Waals surface area contributed by atoms with Gasteiger partial charge < -0.3 is 18.8 Å². The van der Waals surface area contributed by atoms with Crippen LogP contribution in [-0.2, 0) is 22.5 Å². The first-order chi connectivity index (χ1) is 11.2. The highest BCUT2D eigenvalue weighted by molar-refractivity contribution is 5.77. The van der Waals surface area contributed by atoms with Gasteiger partial charge in [0.1, 0.15) is 11.5 Å². The first kappa shape index (κ1) is 17.1. The Morgan fingerprint density at radius 2 is 2.00 bits per heavy atom. The van der Waals surface area contributed by atoms with Gasteiger partial charge in [0, 0.05) is 13.7 Å². The second kappa shape index (κ2) is 9.00. The molecule has 0 saturated heterocycles. The van der Waals surface area contributed by atoms with Gasteiger partial charge in [-0.25, -0.2) is 0 Å². The van der Waals surface area contributed by atoms with Gasteiger partial charge in [-0.05, 0) is 36.2 Å². The van der Waals surface area contributed by atoms with Crippen molar-refractivity contribution in [1.29, 1.82) is 0 Å². The van der Waals surface area contributed by atoms with Gasteiger partial charge in [0.05, 0.1) is 19.4 Å². The summed E-state index contributed by atoms with van der Waals surface area (Å²) < 4.78 is 16.0. The largest absolute Gasteiger partial charge is 0.484 e. The summed E-state index contributed by atoms with van der Waals surface area (Å²) in [6.45, 7) is 3.47. The zero-order valence-corrected chi connectivity index (χ0v) is 13.7. The lowest BCUT2D eigenvalue weighted by Gasteiger charge is -2.21. The van der Waals surface area contributed by atoms with E-state index in [4.69, 9.17) is 13.9 Å². The van der Waals surface area contributed by atoms with Crippen LogP contribution in [0, 0.1) is 0 Å². The molecule has 124 valence electrons. The van der Waals surface area contributed by atoms with E-state index in [1.165, 1.54) is 5.56 Å². The maximum absolute atomic E-state index is 12.4. The third-order valence-electron chi connectivity index (χ3n) is 3.54. The van der Waals surface area contributed by atoms with Crippen LogP contribution in [0.25, 0.3) is 0 Å². The van der Waals surface area contributed by atoms with E-state index >= 15 is 0 Å². The molecule has 0 aliphatic rings. The summed E-state index contributed by atoms with van der Waals surface area (Å²) in [5, 5.41) is 0. The molecule has 0 radical (unpaired) electrons. The number of hydrogen-bond donors (Lipinski definition) is 0. The van der Waals surface area contributed by atoms with Gasteiger partial charge in [0.2, 0.25) is 0 Å². The van der Waals surface area contributed by atoms with Crippen LogP contribution in [0.1, 0.15) is 18.2 Å². The number of methoxy groups -OCH3 is 1. The molecule has 2 aromatic rings. The van der Waals surface area contributed by atoms with E-state index in [0.717, 1.165) is 12.2 Å². The van der Waals surface area contributed by atoms with Gasteiger partial charge in [-0.3, -0.25) is 4.79 Å². The number of rotatable bonds is 9.